The number of nitrogens with one attached hydrogen (secondary N) is 1. The second-order valence-corrected chi connectivity index (χ2v) is 6.17. The number of hydrogen-bond donors (Lipinski definition) is 1. The molecular formula is C17H26N2. The van der Waals surface area contributed by atoms with Gasteiger partial charge >= 0.3 is 0 Å². The highest BCUT2D eigenvalue weighted by Gasteiger charge is 2.25. The molecule has 1 atom stereocenters. The van der Waals surface area contributed by atoms with E-state index in [2.05, 4.69) is 41.4 Å². The Morgan fingerprint density at radius 2 is 2.05 bits per heavy atom. The number of rotatable bonds is 5. The van der Waals surface area contributed by atoms with Crippen molar-refractivity contribution < 1.29 is 0 Å². The summed E-state index contributed by atoms with van der Waals surface area (Å²) >= 11 is 0. The molecule has 1 saturated carbocycles. The van der Waals surface area contributed by atoms with Crippen LogP contribution in [0.25, 0.3) is 0 Å². The van der Waals surface area contributed by atoms with E-state index < -0.39 is 0 Å². The molecule has 1 aliphatic heterocycles. The molecule has 2 nitrogen and oxygen atoms in total. The fraction of sp³-hybridized carbons (Fsp3) is 0.647. The maximum Gasteiger partial charge on any atom is 0.0412 e. The fourth-order valence-corrected chi connectivity index (χ4v) is 3.15. The third-order valence-corrected chi connectivity index (χ3v) is 4.50. The van der Waals surface area contributed by atoms with Gasteiger partial charge in [0.25, 0.3) is 0 Å². The highest BCUT2D eigenvalue weighted by molar-refractivity contribution is 5.54. The molecule has 1 aromatic carbocycles. The first-order valence-corrected chi connectivity index (χ1v) is 7.93. The van der Waals surface area contributed by atoms with Gasteiger partial charge in [0.15, 0.2) is 0 Å². The average Bonchev–Trinajstić information content (AvgIpc) is 3.25. The number of benzene rings is 1. The van der Waals surface area contributed by atoms with Crippen molar-refractivity contribution in [1.29, 1.82) is 0 Å². The highest BCUT2D eigenvalue weighted by Crippen LogP contribution is 2.33. The van der Waals surface area contributed by atoms with Gasteiger partial charge < -0.3 is 10.2 Å². The van der Waals surface area contributed by atoms with Crippen LogP contribution < -0.4 is 10.2 Å². The van der Waals surface area contributed by atoms with E-state index in [-0.39, 0.29) is 0 Å². The van der Waals surface area contributed by atoms with Crippen LogP contribution in [0.2, 0.25) is 0 Å². The van der Waals surface area contributed by atoms with Crippen LogP contribution in [0, 0.1) is 5.92 Å². The van der Waals surface area contributed by atoms with Crippen LogP contribution in [0.3, 0.4) is 0 Å². The number of hydrogen-bond acceptors (Lipinski definition) is 2. The molecule has 0 bridgehead atoms. The van der Waals surface area contributed by atoms with Gasteiger partial charge in [0, 0.05) is 31.4 Å². The zero-order valence-electron chi connectivity index (χ0n) is 12.1. The number of para-hydroxylation sites is 1. The molecule has 0 spiro atoms. The predicted octanol–water partition coefficient (Wildman–Crippen LogP) is 3.57. The molecule has 19 heavy (non-hydrogen) atoms. The Morgan fingerprint density at radius 3 is 2.84 bits per heavy atom. The molecular weight excluding hydrogens is 232 g/mol. The van der Waals surface area contributed by atoms with Gasteiger partial charge in [-0.15, -0.1) is 0 Å². The molecule has 0 radical (unpaired) electrons. The van der Waals surface area contributed by atoms with Gasteiger partial charge in [0.2, 0.25) is 0 Å². The molecule has 1 unspecified atom stereocenters. The molecule has 1 aliphatic carbocycles. The smallest absolute Gasteiger partial charge is 0.0412 e. The standard InChI is InChI=1S/C17H26N2/c1-2-5-16-13-19(11-10-14-8-9-14)17-7-4-3-6-15(17)12-18-16/h3-4,6-7,14,16,18H,2,5,8-13H2,1H3. The van der Waals surface area contributed by atoms with Crippen LogP contribution in [0.5, 0.6) is 0 Å². The molecule has 1 fully saturated rings. The first kappa shape index (κ1) is 13.0. The molecule has 0 amide bonds. The van der Waals surface area contributed by atoms with Gasteiger partial charge in [-0.2, -0.15) is 0 Å². The molecule has 1 aromatic rings. The second-order valence-electron chi connectivity index (χ2n) is 6.17. The van der Waals surface area contributed by atoms with E-state index in [0.29, 0.717) is 6.04 Å². The summed E-state index contributed by atoms with van der Waals surface area (Å²) in [5, 5.41) is 3.73. The van der Waals surface area contributed by atoms with Gasteiger partial charge in [0.05, 0.1) is 0 Å². The quantitative estimate of drug-likeness (QED) is 0.868. The van der Waals surface area contributed by atoms with Crippen molar-refractivity contribution in [3.8, 4) is 0 Å². The van der Waals surface area contributed by atoms with Crippen LogP contribution in [-0.4, -0.2) is 19.1 Å². The van der Waals surface area contributed by atoms with E-state index >= 15 is 0 Å². The molecule has 1 heterocycles. The molecule has 2 aliphatic rings. The first-order chi connectivity index (χ1) is 9.36. The normalized spacial score (nSPS) is 23.0. The van der Waals surface area contributed by atoms with Crippen LogP contribution in [0.1, 0.15) is 44.6 Å². The second kappa shape index (κ2) is 5.96. The van der Waals surface area contributed by atoms with Crippen molar-refractivity contribution in [2.24, 2.45) is 5.92 Å². The van der Waals surface area contributed by atoms with Crippen molar-refractivity contribution in [2.45, 2.75) is 51.6 Å². The number of anilines is 1. The minimum atomic E-state index is 0.650. The molecule has 3 rings (SSSR count). The van der Waals surface area contributed by atoms with Gasteiger partial charge in [0.1, 0.15) is 0 Å². The number of fused-ring (bicyclic) bond motifs is 1. The van der Waals surface area contributed by atoms with E-state index in [1.807, 2.05) is 0 Å². The summed E-state index contributed by atoms with van der Waals surface area (Å²) in [5.41, 5.74) is 2.94. The Kier molecular flexibility index (Phi) is 4.07. The van der Waals surface area contributed by atoms with Crippen molar-refractivity contribution in [3.05, 3.63) is 29.8 Å². The minimum absolute atomic E-state index is 0.650. The Labute approximate surface area is 117 Å². The van der Waals surface area contributed by atoms with Gasteiger partial charge in [-0.1, -0.05) is 44.4 Å². The van der Waals surface area contributed by atoms with E-state index in [9.17, 15) is 0 Å². The van der Waals surface area contributed by atoms with Gasteiger partial charge in [-0.05, 0) is 30.4 Å². The third-order valence-electron chi connectivity index (χ3n) is 4.50. The molecule has 2 heteroatoms. The summed E-state index contributed by atoms with van der Waals surface area (Å²) in [6.07, 6.45) is 6.86. The van der Waals surface area contributed by atoms with E-state index in [0.717, 1.165) is 12.5 Å². The van der Waals surface area contributed by atoms with Crippen molar-refractivity contribution in [2.75, 3.05) is 18.0 Å². The van der Waals surface area contributed by atoms with Crippen LogP contribution in [0.15, 0.2) is 24.3 Å². The maximum absolute atomic E-state index is 3.73. The Balaban J connectivity index is 1.74. The molecule has 0 saturated heterocycles. The Hall–Kier alpha value is -1.02. The highest BCUT2D eigenvalue weighted by atomic mass is 15.2. The third kappa shape index (κ3) is 3.30. The van der Waals surface area contributed by atoms with Crippen LogP contribution in [0.4, 0.5) is 5.69 Å². The Morgan fingerprint density at radius 1 is 1.21 bits per heavy atom. The minimum Gasteiger partial charge on any atom is -0.370 e. The lowest BCUT2D eigenvalue weighted by Crippen LogP contribution is -2.38. The van der Waals surface area contributed by atoms with E-state index in [1.165, 1.54) is 56.4 Å². The van der Waals surface area contributed by atoms with Crippen LogP contribution >= 0.6 is 0 Å². The van der Waals surface area contributed by atoms with Crippen molar-refractivity contribution in [3.63, 3.8) is 0 Å². The summed E-state index contributed by atoms with van der Waals surface area (Å²) in [4.78, 5) is 2.63. The topological polar surface area (TPSA) is 15.3 Å². The van der Waals surface area contributed by atoms with E-state index in [1.54, 1.807) is 0 Å². The van der Waals surface area contributed by atoms with E-state index in [4.69, 9.17) is 0 Å². The predicted molar refractivity (Wildman–Crippen MR) is 81.5 cm³/mol. The van der Waals surface area contributed by atoms with Crippen molar-refractivity contribution in [1.82, 2.24) is 5.32 Å². The lowest BCUT2D eigenvalue weighted by molar-refractivity contribution is 0.477. The van der Waals surface area contributed by atoms with Gasteiger partial charge in [-0.3, -0.25) is 0 Å². The summed E-state index contributed by atoms with van der Waals surface area (Å²) in [7, 11) is 0. The fourth-order valence-electron chi connectivity index (χ4n) is 3.15. The molecule has 1 N–H and O–H groups in total. The van der Waals surface area contributed by atoms with Crippen molar-refractivity contribution >= 4 is 5.69 Å². The molecule has 0 aromatic heterocycles. The average molecular weight is 258 g/mol. The lowest BCUT2D eigenvalue weighted by Gasteiger charge is -2.27. The zero-order valence-corrected chi connectivity index (χ0v) is 12.1. The SMILES string of the molecule is CCCC1CN(CCC2CC2)c2ccccc2CN1. The summed E-state index contributed by atoms with van der Waals surface area (Å²) < 4.78 is 0. The molecule has 104 valence electrons. The summed E-state index contributed by atoms with van der Waals surface area (Å²) in [6, 6.07) is 9.58. The summed E-state index contributed by atoms with van der Waals surface area (Å²) in [6.45, 7) is 5.73. The monoisotopic (exact) mass is 258 g/mol. The largest absolute Gasteiger partial charge is 0.370 e. The maximum atomic E-state index is 3.73. The number of nitrogens with zero attached hydrogens (tertiary/aromatic N) is 1. The summed E-state index contributed by atoms with van der Waals surface area (Å²) in [5.74, 6) is 1.02. The first-order valence-electron chi connectivity index (χ1n) is 7.93. The Bertz CT molecular complexity index is 411. The van der Waals surface area contributed by atoms with Crippen LogP contribution in [-0.2, 0) is 6.54 Å². The lowest BCUT2D eigenvalue weighted by atomic mass is 10.1. The zero-order chi connectivity index (χ0) is 13.1. The van der Waals surface area contributed by atoms with Gasteiger partial charge in [-0.25, -0.2) is 0 Å².